The van der Waals surface area contributed by atoms with Crippen LogP contribution in [-0.2, 0) is 11.2 Å². The summed E-state index contributed by atoms with van der Waals surface area (Å²) in [4.78, 5) is 10.8. The molecule has 0 radical (unpaired) electrons. The van der Waals surface area contributed by atoms with Crippen molar-refractivity contribution in [3.63, 3.8) is 0 Å². The fourth-order valence-corrected chi connectivity index (χ4v) is 2.20. The molecule has 0 amide bonds. The molecule has 5 nitrogen and oxygen atoms in total. The van der Waals surface area contributed by atoms with Gasteiger partial charge < -0.3 is 20.3 Å². The maximum Gasteiger partial charge on any atom is 0.320 e. The molecule has 1 aliphatic rings. The largest absolute Gasteiger partial charge is 0.489 e. The number of fused-ring (bicyclic) bond motifs is 1. The lowest BCUT2D eigenvalue weighted by atomic mass is 9.97. The van der Waals surface area contributed by atoms with Crippen molar-refractivity contribution >= 4 is 17.6 Å². The van der Waals surface area contributed by atoms with Gasteiger partial charge >= 0.3 is 5.97 Å². The number of ether oxygens (including phenoxy) is 2. The van der Waals surface area contributed by atoms with E-state index in [1.165, 1.54) is 0 Å². The molecule has 110 valence electrons. The van der Waals surface area contributed by atoms with Crippen LogP contribution in [0.25, 0.3) is 0 Å². The van der Waals surface area contributed by atoms with E-state index in [0.29, 0.717) is 35.3 Å². The standard InChI is InChI=1S/C14H18ClNO4/c1-14(2)6-19-11-5-8(4-10(16)13(17)18)3-9(15)12(11)20-7-14/h3,5,10H,4,6-7,16H2,1-2H3,(H,17,18). The predicted molar refractivity (Wildman–Crippen MR) is 75.5 cm³/mol. The number of hydrogen-bond acceptors (Lipinski definition) is 4. The molecule has 1 unspecified atom stereocenters. The molecule has 3 N–H and O–H groups in total. The molecule has 1 aromatic rings. The second kappa shape index (κ2) is 5.50. The molecular formula is C14H18ClNO4. The van der Waals surface area contributed by atoms with Gasteiger partial charge in [0.05, 0.1) is 18.2 Å². The SMILES string of the molecule is CC1(C)COc2cc(CC(N)C(=O)O)cc(Cl)c2OC1. The summed E-state index contributed by atoms with van der Waals surface area (Å²) in [5.41, 5.74) is 6.14. The van der Waals surface area contributed by atoms with Crippen LogP contribution >= 0.6 is 11.6 Å². The number of carbonyl (C=O) groups is 1. The van der Waals surface area contributed by atoms with Gasteiger partial charge in [-0.1, -0.05) is 25.4 Å². The fourth-order valence-electron chi connectivity index (χ4n) is 1.91. The van der Waals surface area contributed by atoms with Crippen molar-refractivity contribution < 1.29 is 19.4 Å². The number of halogens is 1. The van der Waals surface area contributed by atoms with Gasteiger partial charge in [-0.15, -0.1) is 0 Å². The van der Waals surface area contributed by atoms with Crippen LogP contribution in [-0.4, -0.2) is 30.3 Å². The van der Waals surface area contributed by atoms with E-state index in [2.05, 4.69) is 0 Å². The van der Waals surface area contributed by atoms with Crippen molar-refractivity contribution in [2.45, 2.75) is 26.3 Å². The molecule has 1 aliphatic heterocycles. The van der Waals surface area contributed by atoms with Crippen LogP contribution in [0.5, 0.6) is 11.5 Å². The van der Waals surface area contributed by atoms with Crippen LogP contribution in [0, 0.1) is 5.41 Å². The summed E-state index contributed by atoms with van der Waals surface area (Å²) in [6.07, 6.45) is 0.190. The Labute approximate surface area is 122 Å². The van der Waals surface area contributed by atoms with Gasteiger partial charge in [0, 0.05) is 5.41 Å². The van der Waals surface area contributed by atoms with Crippen molar-refractivity contribution in [1.82, 2.24) is 0 Å². The Kier molecular flexibility index (Phi) is 4.11. The Balaban J connectivity index is 2.27. The van der Waals surface area contributed by atoms with Gasteiger partial charge in [-0.25, -0.2) is 0 Å². The molecular weight excluding hydrogens is 282 g/mol. The summed E-state index contributed by atoms with van der Waals surface area (Å²) in [5.74, 6) is -0.00470. The number of benzene rings is 1. The fraction of sp³-hybridized carbons (Fsp3) is 0.500. The molecule has 0 aromatic heterocycles. The third kappa shape index (κ3) is 3.35. The van der Waals surface area contributed by atoms with E-state index in [1.54, 1.807) is 12.1 Å². The van der Waals surface area contributed by atoms with Crippen molar-refractivity contribution in [3.8, 4) is 11.5 Å². The molecule has 6 heteroatoms. The second-order valence-corrected chi connectivity index (χ2v) is 6.20. The van der Waals surface area contributed by atoms with E-state index < -0.39 is 12.0 Å². The summed E-state index contributed by atoms with van der Waals surface area (Å²) in [6.45, 7) is 5.08. The number of hydrogen-bond donors (Lipinski definition) is 2. The molecule has 0 spiro atoms. The first-order chi connectivity index (χ1) is 9.28. The average molecular weight is 300 g/mol. The number of carboxylic acids is 1. The zero-order valence-electron chi connectivity index (χ0n) is 11.5. The Bertz CT molecular complexity index is 530. The zero-order valence-corrected chi connectivity index (χ0v) is 12.2. The van der Waals surface area contributed by atoms with Crippen molar-refractivity contribution in [3.05, 3.63) is 22.7 Å². The molecule has 2 rings (SSSR count). The van der Waals surface area contributed by atoms with Crippen molar-refractivity contribution in [2.24, 2.45) is 11.1 Å². The topological polar surface area (TPSA) is 81.8 Å². The van der Waals surface area contributed by atoms with E-state index in [0.717, 1.165) is 0 Å². The Hall–Kier alpha value is -1.46. The first kappa shape index (κ1) is 14.9. The van der Waals surface area contributed by atoms with Gasteiger partial charge in [-0.05, 0) is 24.1 Å². The molecule has 0 saturated heterocycles. The summed E-state index contributed by atoms with van der Waals surface area (Å²) in [5, 5.41) is 9.26. The monoisotopic (exact) mass is 299 g/mol. The van der Waals surface area contributed by atoms with Gasteiger partial charge in [0.25, 0.3) is 0 Å². The molecule has 0 bridgehead atoms. The van der Waals surface area contributed by atoms with Crippen LogP contribution in [0.2, 0.25) is 5.02 Å². The predicted octanol–water partition coefficient (Wildman–Crippen LogP) is 2.09. The Morgan fingerprint density at radius 3 is 2.75 bits per heavy atom. The molecule has 0 fully saturated rings. The third-order valence-electron chi connectivity index (χ3n) is 3.07. The van der Waals surface area contributed by atoms with Crippen LogP contribution < -0.4 is 15.2 Å². The normalized spacial score (nSPS) is 18.2. The van der Waals surface area contributed by atoms with E-state index in [9.17, 15) is 4.79 Å². The molecule has 1 heterocycles. The summed E-state index contributed by atoms with van der Waals surface area (Å²) < 4.78 is 11.4. The smallest absolute Gasteiger partial charge is 0.320 e. The van der Waals surface area contributed by atoms with Crippen LogP contribution in [0.4, 0.5) is 0 Å². The number of carboxylic acid groups (broad SMARTS) is 1. The van der Waals surface area contributed by atoms with Gasteiger partial charge in [-0.2, -0.15) is 0 Å². The lowest BCUT2D eigenvalue weighted by molar-refractivity contribution is -0.138. The highest BCUT2D eigenvalue weighted by atomic mass is 35.5. The molecule has 1 aromatic carbocycles. The molecule has 0 saturated carbocycles. The molecule has 0 aliphatic carbocycles. The first-order valence-corrected chi connectivity index (χ1v) is 6.73. The summed E-state index contributed by atoms with van der Waals surface area (Å²) >= 11 is 6.18. The Morgan fingerprint density at radius 1 is 1.45 bits per heavy atom. The summed E-state index contributed by atoms with van der Waals surface area (Å²) in [7, 11) is 0. The average Bonchev–Trinajstić information content (AvgIpc) is 2.49. The Morgan fingerprint density at radius 2 is 2.10 bits per heavy atom. The molecule has 1 atom stereocenters. The minimum atomic E-state index is -1.05. The second-order valence-electron chi connectivity index (χ2n) is 5.80. The van der Waals surface area contributed by atoms with E-state index in [1.807, 2.05) is 13.8 Å². The van der Waals surface area contributed by atoms with Crippen LogP contribution in [0.3, 0.4) is 0 Å². The maximum atomic E-state index is 10.8. The van der Waals surface area contributed by atoms with Gasteiger partial charge in [0.2, 0.25) is 0 Å². The third-order valence-corrected chi connectivity index (χ3v) is 3.35. The number of aliphatic carboxylic acids is 1. The van der Waals surface area contributed by atoms with Gasteiger partial charge in [-0.3, -0.25) is 4.79 Å². The minimum absolute atomic E-state index is 0.111. The number of rotatable bonds is 3. The highest BCUT2D eigenvalue weighted by Gasteiger charge is 2.27. The van der Waals surface area contributed by atoms with Crippen molar-refractivity contribution in [1.29, 1.82) is 0 Å². The molecule has 20 heavy (non-hydrogen) atoms. The quantitative estimate of drug-likeness (QED) is 0.893. The van der Waals surface area contributed by atoms with E-state index >= 15 is 0 Å². The van der Waals surface area contributed by atoms with Gasteiger partial charge in [0.15, 0.2) is 11.5 Å². The lowest BCUT2D eigenvalue weighted by Crippen LogP contribution is -2.32. The van der Waals surface area contributed by atoms with Crippen molar-refractivity contribution in [2.75, 3.05) is 13.2 Å². The highest BCUT2D eigenvalue weighted by molar-refractivity contribution is 6.32. The highest BCUT2D eigenvalue weighted by Crippen LogP contribution is 2.40. The van der Waals surface area contributed by atoms with Gasteiger partial charge in [0.1, 0.15) is 6.04 Å². The van der Waals surface area contributed by atoms with E-state index in [-0.39, 0.29) is 11.8 Å². The lowest BCUT2D eigenvalue weighted by Gasteiger charge is -2.19. The minimum Gasteiger partial charge on any atom is -0.489 e. The maximum absolute atomic E-state index is 10.8. The van der Waals surface area contributed by atoms with Crippen LogP contribution in [0.1, 0.15) is 19.4 Å². The van der Waals surface area contributed by atoms with E-state index in [4.69, 9.17) is 31.9 Å². The van der Waals surface area contributed by atoms with Crippen LogP contribution in [0.15, 0.2) is 12.1 Å². The summed E-state index contributed by atoms with van der Waals surface area (Å²) in [6, 6.07) is 2.45. The number of nitrogens with two attached hydrogens (primary N) is 1. The first-order valence-electron chi connectivity index (χ1n) is 6.35. The zero-order chi connectivity index (χ0) is 14.9.